The number of aryl methyl sites for hydroxylation is 1. The van der Waals surface area contributed by atoms with Crippen molar-refractivity contribution in [3.63, 3.8) is 0 Å². The molecule has 6 heteroatoms. The van der Waals surface area contributed by atoms with Crippen LogP contribution in [0.1, 0.15) is 26.3 Å². The van der Waals surface area contributed by atoms with Crippen LogP contribution in [-0.2, 0) is 0 Å². The van der Waals surface area contributed by atoms with Gasteiger partial charge in [0.1, 0.15) is 5.82 Å². The quantitative estimate of drug-likeness (QED) is 0.792. The van der Waals surface area contributed by atoms with Crippen LogP contribution in [0, 0.1) is 12.7 Å². The minimum absolute atomic E-state index is 0.209. The molecule has 0 fully saturated rings. The first-order valence-corrected chi connectivity index (χ1v) is 7.98. The SMILES string of the molecule is Cc1ccc(C(=O)NCCNC(=O)c2cccc(N(C)C)c2)cc1F. The molecule has 2 aromatic rings. The number of hydrogen-bond acceptors (Lipinski definition) is 3. The van der Waals surface area contributed by atoms with Crippen molar-refractivity contribution in [1.82, 2.24) is 10.6 Å². The summed E-state index contributed by atoms with van der Waals surface area (Å²) < 4.78 is 13.5. The maximum absolute atomic E-state index is 13.5. The number of carbonyl (C=O) groups is 2. The van der Waals surface area contributed by atoms with E-state index < -0.39 is 5.82 Å². The average molecular weight is 343 g/mol. The fourth-order valence-corrected chi connectivity index (χ4v) is 2.22. The Morgan fingerprint density at radius 2 is 1.56 bits per heavy atom. The van der Waals surface area contributed by atoms with Gasteiger partial charge in [-0.1, -0.05) is 12.1 Å². The number of rotatable bonds is 6. The molecule has 0 heterocycles. The summed E-state index contributed by atoms with van der Waals surface area (Å²) >= 11 is 0. The molecule has 25 heavy (non-hydrogen) atoms. The molecule has 2 amide bonds. The van der Waals surface area contributed by atoms with Gasteiger partial charge in [-0.05, 0) is 42.8 Å². The Morgan fingerprint density at radius 3 is 2.12 bits per heavy atom. The van der Waals surface area contributed by atoms with E-state index in [1.54, 1.807) is 31.2 Å². The molecule has 0 radical (unpaired) electrons. The Kier molecular flexibility index (Phi) is 6.11. The van der Waals surface area contributed by atoms with Gasteiger partial charge in [-0.2, -0.15) is 0 Å². The molecule has 2 rings (SSSR count). The number of anilines is 1. The highest BCUT2D eigenvalue weighted by molar-refractivity contribution is 5.95. The molecule has 0 aliphatic carbocycles. The molecule has 0 aliphatic heterocycles. The third-order valence-corrected chi connectivity index (χ3v) is 3.75. The van der Waals surface area contributed by atoms with Gasteiger partial charge in [0.25, 0.3) is 11.8 Å². The molecule has 132 valence electrons. The van der Waals surface area contributed by atoms with Crippen LogP contribution in [0.3, 0.4) is 0 Å². The second-order valence-corrected chi connectivity index (χ2v) is 5.92. The van der Waals surface area contributed by atoms with Gasteiger partial charge in [0.2, 0.25) is 0 Å². The lowest BCUT2D eigenvalue weighted by Crippen LogP contribution is -2.34. The topological polar surface area (TPSA) is 61.4 Å². The first-order chi connectivity index (χ1) is 11.9. The fraction of sp³-hybridized carbons (Fsp3) is 0.263. The first kappa shape index (κ1) is 18.4. The molecule has 2 aromatic carbocycles. The number of halogens is 1. The third kappa shape index (κ3) is 5.04. The second-order valence-electron chi connectivity index (χ2n) is 5.92. The normalized spacial score (nSPS) is 10.2. The van der Waals surface area contributed by atoms with Gasteiger partial charge in [0.15, 0.2) is 0 Å². The summed E-state index contributed by atoms with van der Waals surface area (Å²) in [4.78, 5) is 26.0. The number of nitrogens with one attached hydrogen (secondary N) is 2. The largest absolute Gasteiger partial charge is 0.378 e. The van der Waals surface area contributed by atoms with Crippen LogP contribution in [0.5, 0.6) is 0 Å². The van der Waals surface area contributed by atoms with E-state index in [0.29, 0.717) is 11.1 Å². The molecule has 0 unspecified atom stereocenters. The van der Waals surface area contributed by atoms with Crippen LogP contribution in [0.25, 0.3) is 0 Å². The van der Waals surface area contributed by atoms with Gasteiger partial charge in [-0.15, -0.1) is 0 Å². The molecular formula is C19H22FN3O2. The molecular weight excluding hydrogens is 321 g/mol. The fourth-order valence-electron chi connectivity index (χ4n) is 2.22. The van der Waals surface area contributed by atoms with Gasteiger partial charge < -0.3 is 15.5 Å². The Morgan fingerprint density at radius 1 is 0.960 bits per heavy atom. The molecule has 0 spiro atoms. The summed E-state index contributed by atoms with van der Waals surface area (Å²) in [5.41, 5.74) is 2.23. The highest BCUT2D eigenvalue weighted by Crippen LogP contribution is 2.13. The number of carbonyl (C=O) groups excluding carboxylic acids is 2. The molecule has 5 nitrogen and oxygen atoms in total. The zero-order valence-corrected chi connectivity index (χ0v) is 14.6. The summed E-state index contributed by atoms with van der Waals surface area (Å²) in [6.07, 6.45) is 0. The van der Waals surface area contributed by atoms with Crippen molar-refractivity contribution in [1.29, 1.82) is 0 Å². The predicted molar refractivity (Wildman–Crippen MR) is 96.6 cm³/mol. The summed E-state index contributed by atoms with van der Waals surface area (Å²) in [5, 5.41) is 5.40. The lowest BCUT2D eigenvalue weighted by Gasteiger charge is -2.13. The highest BCUT2D eigenvalue weighted by atomic mass is 19.1. The lowest BCUT2D eigenvalue weighted by molar-refractivity contribution is 0.0927. The number of amides is 2. The molecule has 0 bridgehead atoms. The maximum Gasteiger partial charge on any atom is 0.251 e. The minimum atomic E-state index is -0.415. The summed E-state index contributed by atoms with van der Waals surface area (Å²) in [5.74, 6) is -0.996. The zero-order valence-electron chi connectivity index (χ0n) is 14.6. The third-order valence-electron chi connectivity index (χ3n) is 3.75. The van der Waals surface area contributed by atoms with E-state index in [0.717, 1.165) is 5.69 Å². The molecule has 2 N–H and O–H groups in total. The van der Waals surface area contributed by atoms with Crippen LogP contribution in [0.2, 0.25) is 0 Å². The van der Waals surface area contributed by atoms with Crippen molar-refractivity contribution in [3.05, 3.63) is 65.0 Å². The maximum atomic E-state index is 13.5. The highest BCUT2D eigenvalue weighted by Gasteiger charge is 2.09. The lowest BCUT2D eigenvalue weighted by atomic mass is 10.1. The Hall–Kier alpha value is -2.89. The van der Waals surface area contributed by atoms with Gasteiger partial charge in [0, 0.05) is 44.0 Å². The Bertz CT molecular complexity index is 775. The summed E-state index contributed by atoms with van der Waals surface area (Å²) in [7, 11) is 3.81. The smallest absolute Gasteiger partial charge is 0.251 e. The van der Waals surface area contributed by atoms with E-state index in [4.69, 9.17) is 0 Å². The van der Waals surface area contributed by atoms with Crippen LogP contribution in [-0.4, -0.2) is 39.0 Å². The van der Waals surface area contributed by atoms with E-state index in [-0.39, 0.29) is 30.5 Å². The minimum Gasteiger partial charge on any atom is -0.378 e. The Labute approximate surface area is 146 Å². The van der Waals surface area contributed by atoms with Crippen LogP contribution in [0.15, 0.2) is 42.5 Å². The van der Waals surface area contributed by atoms with E-state index in [1.165, 1.54) is 6.07 Å². The van der Waals surface area contributed by atoms with Crippen LogP contribution in [0.4, 0.5) is 10.1 Å². The number of hydrogen-bond donors (Lipinski definition) is 2. The van der Waals surface area contributed by atoms with E-state index >= 15 is 0 Å². The van der Waals surface area contributed by atoms with Crippen molar-refractivity contribution in [2.45, 2.75) is 6.92 Å². The molecule has 0 aliphatic rings. The molecule has 0 saturated carbocycles. The van der Waals surface area contributed by atoms with Gasteiger partial charge in [-0.3, -0.25) is 9.59 Å². The Balaban J connectivity index is 1.82. The first-order valence-electron chi connectivity index (χ1n) is 7.98. The number of benzene rings is 2. The standard InChI is InChI=1S/C19H22FN3O2/c1-13-7-8-15(12-17(13)20)19(25)22-10-9-21-18(24)14-5-4-6-16(11-14)23(2)3/h4-8,11-12H,9-10H2,1-3H3,(H,21,24)(H,22,25). The molecule has 0 aromatic heterocycles. The van der Waals surface area contributed by atoms with Crippen molar-refractivity contribution in [3.8, 4) is 0 Å². The summed E-state index contributed by atoms with van der Waals surface area (Å²) in [6, 6.07) is 11.6. The second kappa shape index (κ2) is 8.28. The van der Waals surface area contributed by atoms with E-state index in [1.807, 2.05) is 31.1 Å². The van der Waals surface area contributed by atoms with Crippen LogP contribution < -0.4 is 15.5 Å². The molecule has 0 atom stereocenters. The zero-order chi connectivity index (χ0) is 18.4. The molecule has 0 saturated heterocycles. The van der Waals surface area contributed by atoms with Gasteiger partial charge in [-0.25, -0.2) is 4.39 Å². The number of nitrogens with zero attached hydrogens (tertiary/aromatic N) is 1. The van der Waals surface area contributed by atoms with Crippen molar-refractivity contribution in [2.24, 2.45) is 0 Å². The summed E-state index contributed by atoms with van der Waals surface area (Å²) in [6.45, 7) is 2.18. The predicted octanol–water partition coefficient (Wildman–Crippen LogP) is 2.36. The van der Waals surface area contributed by atoms with E-state index in [9.17, 15) is 14.0 Å². The van der Waals surface area contributed by atoms with Crippen molar-refractivity contribution in [2.75, 3.05) is 32.1 Å². The van der Waals surface area contributed by atoms with Crippen molar-refractivity contribution < 1.29 is 14.0 Å². The van der Waals surface area contributed by atoms with Gasteiger partial charge >= 0.3 is 0 Å². The monoisotopic (exact) mass is 343 g/mol. The van der Waals surface area contributed by atoms with Gasteiger partial charge in [0.05, 0.1) is 0 Å². The van der Waals surface area contributed by atoms with E-state index in [2.05, 4.69) is 10.6 Å². The average Bonchev–Trinajstić information content (AvgIpc) is 2.60. The van der Waals surface area contributed by atoms with Crippen LogP contribution >= 0.6 is 0 Å². The van der Waals surface area contributed by atoms with Crippen molar-refractivity contribution >= 4 is 17.5 Å².